The molecule has 2 aromatic rings. The Hall–Kier alpha value is -2.09. The summed E-state index contributed by atoms with van der Waals surface area (Å²) in [5.74, 6) is -0.402. The Morgan fingerprint density at radius 1 is 1.19 bits per heavy atom. The second-order valence-corrected chi connectivity index (χ2v) is 9.82. The van der Waals surface area contributed by atoms with Crippen molar-refractivity contribution >= 4 is 33.2 Å². The first-order chi connectivity index (χ1) is 14.9. The van der Waals surface area contributed by atoms with Crippen LogP contribution in [0.25, 0.3) is 0 Å². The number of anilines is 1. The van der Waals surface area contributed by atoms with Gasteiger partial charge < -0.3 is 10.1 Å². The maximum atomic E-state index is 12.8. The quantitative estimate of drug-likeness (QED) is 0.529. The molecule has 0 aromatic heterocycles. The molecule has 1 unspecified atom stereocenters. The molecule has 0 bridgehead atoms. The van der Waals surface area contributed by atoms with E-state index in [-0.39, 0.29) is 21.6 Å². The molecule has 1 aliphatic heterocycles. The maximum absolute atomic E-state index is 12.8. The van der Waals surface area contributed by atoms with E-state index < -0.39 is 15.9 Å². The number of unbranched alkanes of at least 4 members (excludes halogenated alkanes) is 1. The molecule has 0 radical (unpaired) electrons. The maximum Gasteiger partial charge on any atom is 0.261 e. The predicted molar refractivity (Wildman–Crippen MR) is 123 cm³/mol. The molecule has 0 aliphatic carbocycles. The van der Waals surface area contributed by atoms with E-state index in [1.54, 1.807) is 12.1 Å². The lowest BCUT2D eigenvalue weighted by atomic mass is 10.1. The van der Waals surface area contributed by atoms with Crippen molar-refractivity contribution in [1.29, 1.82) is 0 Å². The highest BCUT2D eigenvalue weighted by atomic mass is 35.5. The Balaban J connectivity index is 1.66. The second-order valence-electron chi connectivity index (χ2n) is 7.73. The number of amides is 1. The Morgan fingerprint density at radius 3 is 2.65 bits per heavy atom. The van der Waals surface area contributed by atoms with E-state index in [0.717, 1.165) is 45.1 Å². The Bertz CT molecular complexity index is 987. The molecule has 8 heteroatoms. The minimum absolute atomic E-state index is 0.0174. The lowest BCUT2D eigenvalue weighted by molar-refractivity contribution is 0.0907. The van der Waals surface area contributed by atoms with Gasteiger partial charge in [-0.05, 0) is 68.0 Å². The molecule has 2 aromatic carbocycles. The lowest BCUT2D eigenvalue weighted by Gasteiger charge is -2.13. The van der Waals surface area contributed by atoms with Crippen LogP contribution in [0.3, 0.4) is 0 Å². The number of nitrogens with one attached hydrogen (secondary N) is 2. The molecule has 1 heterocycles. The number of benzene rings is 2. The zero-order valence-electron chi connectivity index (χ0n) is 17.7. The van der Waals surface area contributed by atoms with Crippen molar-refractivity contribution in [3.8, 4) is 0 Å². The number of hydrogen-bond donors (Lipinski definition) is 2. The number of carbonyl (C=O) groups excluding carboxylic acids is 1. The third-order valence-electron chi connectivity index (χ3n) is 5.29. The molecule has 1 aliphatic rings. The van der Waals surface area contributed by atoms with E-state index in [2.05, 4.69) is 17.0 Å². The molecule has 3 rings (SSSR count). The van der Waals surface area contributed by atoms with E-state index in [9.17, 15) is 13.2 Å². The lowest BCUT2D eigenvalue weighted by Crippen LogP contribution is -2.27. The van der Waals surface area contributed by atoms with Gasteiger partial charge in [0.15, 0.2) is 0 Å². The van der Waals surface area contributed by atoms with Gasteiger partial charge in [0, 0.05) is 18.8 Å². The molecule has 2 N–H and O–H groups in total. The summed E-state index contributed by atoms with van der Waals surface area (Å²) in [6.45, 7) is 3.34. The molecule has 0 spiro atoms. The van der Waals surface area contributed by atoms with Gasteiger partial charge in [-0.25, -0.2) is 8.42 Å². The fourth-order valence-corrected chi connectivity index (χ4v) is 4.78. The van der Waals surface area contributed by atoms with Gasteiger partial charge in [-0.15, -0.1) is 0 Å². The summed E-state index contributed by atoms with van der Waals surface area (Å²) in [6.07, 6.45) is 6.08. The minimum atomic E-state index is -3.86. The zero-order chi connectivity index (χ0) is 22.3. The van der Waals surface area contributed by atoms with Gasteiger partial charge in [0.05, 0.1) is 21.6 Å². The molecule has 31 heavy (non-hydrogen) atoms. The fraction of sp³-hybridized carbons (Fsp3) is 0.435. The highest BCUT2D eigenvalue weighted by Crippen LogP contribution is 2.23. The molecular weight excluding hydrogens is 436 g/mol. The van der Waals surface area contributed by atoms with Crippen LogP contribution in [0.2, 0.25) is 5.02 Å². The number of sulfonamides is 1. The Labute approximate surface area is 189 Å². The van der Waals surface area contributed by atoms with Gasteiger partial charge in [0.2, 0.25) is 0 Å². The predicted octanol–water partition coefficient (Wildman–Crippen LogP) is 4.78. The van der Waals surface area contributed by atoms with Crippen LogP contribution >= 0.6 is 11.6 Å². The molecule has 168 valence electrons. The van der Waals surface area contributed by atoms with Crippen LogP contribution in [-0.2, 0) is 21.2 Å². The normalized spacial score (nSPS) is 16.3. The zero-order valence-corrected chi connectivity index (χ0v) is 19.3. The van der Waals surface area contributed by atoms with Crippen molar-refractivity contribution in [2.24, 2.45) is 0 Å². The van der Waals surface area contributed by atoms with Crippen LogP contribution in [0.5, 0.6) is 0 Å². The summed E-state index contributed by atoms with van der Waals surface area (Å²) in [5.41, 5.74) is 1.77. The van der Waals surface area contributed by atoms with Crippen molar-refractivity contribution in [2.75, 3.05) is 17.9 Å². The third-order valence-corrected chi connectivity index (χ3v) is 7.00. The highest BCUT2D eigenvalue weighted by Gasteiger charge is 2.20. The number of rotatable bonds is 10. The molecule has 6 nitrogen and oxygen atoms in total. The summed E-state index contributed by atoms with van der Waals surface area (Å²) in [4.78, 5) is 12.5. The summed E-state index contributed by atoms with van der Waals surface area (Å²) in [5, 5.41) is 3.00. The van der Waals surface area contributed by atoms with E-state index in [4.69, 9.17) is 16.3 Å². The summed E-state index contributed by atoms with van der Waals surface area (Å²) < 4.78 is 33.8. The van der Waals surface area contributed by atoms with Gasteiger partial charge >= 0.3 is 0 Å². The van der Waals surface area contributed by atoms with Gasteiger partial charge in [-0.3, -0.25) is 9.52 Å². The molecule has 1 saturated heterocycles. The monoisotopic (exact) mass is 464 g/mol. The average molecular weight is 465 g/mol. The smallest absolute Gasteiger partial charge is 0.261 e. The molecule has 1 atom stereocenters. The SMILES string of the molecule is CCCCc1ccc(NS(=O)(=O)c2ccc(Cl)c(C(=O)NCCC3CCCO3)c2)cc1. The highest BCUT2D eigenvalue weighted by molar-refractivity contribution is 7.92. The van der Waals surface area contributed by atoms with Crippen molar-refractivity contribution in [1.82, 2.24) is 5.32 Å². The standard InChI is InChI=1S/C23H29ClN2O4S/c1-2-3-5-17-7-9-18(10-8-17)26-31(28,29)20-11-12-22(24)21(16-20)23(27)25-14-13-19-6-4-15-30-19/h7-12,16,19,26H,2-6,13-15H2,1H3,(H,25,27). The number of hydrogen-bond acceptors (Lipinski definition) is 4. The molecule has 0 saturated carbocycles. The van der Waals surface area contributed by atoms with Crippen molar-refractivity contribution in [3.05, 3.63) is 58.6 Å². The van der Waals surface area contributed by atoms with Gasteiger partial charge in [-0.2, -0.15) is 0 Å². The van der Waals surface area contributed by atoms with Crippen molar-refractivity contribution in [2.45, 2.75) is 56.4 Å². The summed E-state index contributed by atoms with van der Waals surface area (Å²) >= 11 is 6.17. The van der Waals surface area contributed by atoms with Crippen LogP contribution < -0.4 is 10.0 Å². The number of ether oxygens (including phenoxy) is 1. The molecule has 1 fully saturated rings. The van der Waals surface area contributed by atoms with Crippen molar-refractivity contribution < 1.29 is 17.9 Å². The summed E-state index contributed by atoms with van der Waals surface area (Å²) in [6, 6.07) is 11.5. The second kappa shape index (κ2) is 11.0. The average Bonchev–Trinajstić information content (AvgIpc) is 3.26. The minimum Gasteiger partial charge on any atom is -0.378 e. The van der Waals surface area contributed by atoms with E-state index in [1.165, 1.54) is 23.8 Å². The van der Waals surface area contributed by atoms with Crippen LogP contribution in [0.1, 0.15) is 54.9 Å². The number of halogens is 1. The largest absolute Gasteiger partial charge is 0.378 e. The third kappa shape index (κ3) is 6.69. The van der Waals surface area contributed by atoms with E-state index >= 15 is 0 Å². The Morgan fingerprint density at radius 2 is 1.97 bits per heavy atom. The first-order valence-corrected chi connectivity index (χ1v) is 12.6. The molecular formula is C23H29ClN2O4S. The van der Waals surface area contributed by atoms with Crippen LogP contribution in [0.15, 0.2) is 47.4 Å². The van der Waals surface area contributed by atoms with Gasteiger partial charge in [0.1, 0.15) is 0 Å². The number of aryl methyl sites for hydroxylation is 1. The van der Waals surface area contributed by atoms with Crippen LogP contribution in [0, 0.1) is 0 Å². The fourth-order valence-electron chi connectivity index (χ4n) is 3.49. The topological polar surface area (TPSA) is 84.5 Å². The first-order valence-electron chi connectivity index (χ1n) is 10.7. The number of carbonyl (C=O) groups is 1. The van der Waals surface area contributed by atoms with E-state index in [1.807, 2.05) is 12.1 Å². The first kappa shape index (κ1) is 23.6. The van der Waals surface area contributed by atoms with E-state index in [0.29, 0.717) is 12.2 Å². The van der Waals surface area contributed by atoms with Gasteiger partial charge in [-0.1, -0.05) is 37.1 Å². The van der Waals surface area contributed by atoms with Crippen molar-refractivity contribution in [3.63, 3.8) is 0 Å². The van der Waals surface area contributed by atoms with Gasteiger partial charge in [0.25, 0.3) is 15.9 Å². The molecule has 1 amide bonds. The van der Waals surface area contributed by atoms with Crippen LogP contribution in [-0.4, -0.2) is 33.6 Å². The summed E-state index contributed by atoms with van der Waals surface area (Å²) in [7, 11) is -3.86. The Kier molecular flexibility index (Phi) is 8.35. The van der Waals surface area contributed by atoms with Crippen LogP contribution in [0.4, 0.5) is 5.69 Å².